The maximum atomic E-state index is 9.05. The Morgan fingerprint density at radius 3 is 2.68 bits per heavy atom. The summed E-state index contributed by atoms with van der Waals surface area (Å²) in [5.41, 5.74) is 9.81. The van der Waals surface area contributed by atoms with Crippen LogP contribution in [0.15, 0.2) is 18.2 Å². The topological polar surface area (TPSA) is 59.0 Å². The highest BCUT2D eigenvalue weighted by atomic mass is 32.1. The summed E-state index contributed by atoms with van der Waals surface area (Å²) in [7, 11) is 1.67. The SMILES string of the molecule is CCc1cc(-c2c(C)sc(C#N)c2N)ccc1OC. The lowest BCUT2D eigenvalue weighted by molar-refractivity contribution is 0.410. The van der Waals surface area contributed by atoms with Crippen molar-refractivity contribution in [2.75, 3.05) is 12.8 Å². The smallest absolute Gasteiger partial charge is 0.128 e. The monoisotopic (exact) mass is 272 g/mol. The van der Waals surface area contributed by atoms with Gasteiger partial charge in [-0.15, -0.1) is 11.3 Å². The highest BCUT2D eigenvalue weighted by Crippen LogP contribution is 2.39. The molecule has 0 amide bonds. The number of rotatable bonds is 3. The zero-order valence-electron chi connectivity index (χ0n) is 11.3. The van der Waals surface area contributed by atoms with E-state index in [1.807, 2.05) is 19.1 Å². The Hall–Kier alpha value is -1.99. The van der Waals surface area contributed by atoms with Crippen LogP contribution in [-0.4, -0.2) is 7.11 Å². The maximum Gasteiger partial charge on any atom is 0.128 e. The van der Waals surface area contributed by atoms with Crippen LogP contribution in [0.2, 0.25) is 0 Å². The molecule has 0 atom stereocenters. The average Bonchev–Trinajstić information content (AvgIpc) is 2.72. The van der Waals surface area contributed by atoms with Crippen LogP contribution in [0.25, 0.3) is 11.1 Å². The molecule has 0 spiro atoms. The Balaban J connectivity index is 2.60. The van der Waals surface area contributed by atoms with E-state index in [9.17, 15) is 0 Å². The van der Waals surface area contributed by atoms with Crippen molar-refractivity contribution in [1.82, 2.24) is 0 Å². The molecule has 0 unspecified atom stereocenters. The van der Waals surface area contributed by atoms with Crippen LogP contribution < -0.4 is 10.5 Å². The van der Waals surface area contributed by atoms with Gasteiger partial charge in [0, 0.05) is 10.4 Å². The minimum absolute atomic E-state index is 0.581. The molecule has 2 rings (SSSR count). The van der Waals surface area contributed by atoms with Crippen molar-refractivity contribution < 1.29 is 4.74 Å². The molecule has 3 nitrogen and oxygen atoms in total. The van der Waals surface area contributed by atoms with Crippen LogP contribution >= 0.6 is 11.3 Å². The molecule has 1 heterocycles. The van der Waals surface area contributed by atoms with Crippen LogP contribution in [0.1, 0.15) is 22.2 Å². The summed E-state index contributed by atoms with van der Waals surface area (Å²) in [6, 6.07) is 8.18. The first kappa shape index (κ1) is 13.4. The predicted molar refractivity (Wildman–Crippen MR) is 79.5 cm³/mol. The zero-order valence-corrected chi connectivity index (χ0v) is 12.1. The molecule has 0 fully saturated rings. The van der Waals surface area contributed by atoms with E-state index in [1.165, 1.54) is 11.3 Å². The largest absolute Gasteiger partial charge is 0.496 e. The number of hydrogen-bond donors (Lipinski definition) is 1. The Kier molecular flexibility index (Phi) is 3.77. The van der Waals surface area contributed by atoms with Gasteiger partial charge in [-0.25, -0.2) is 0 Å². The van der Waals surface area contributed by atoms with E-state index < -0.39 is 0 Å². The third-order valence-electron chi connectivity index (χ3n) is 3.17. The lowest BCUT2D eigenvalue weighted by atomic mass is 10.0. The standard InChI is InChI=1S/C15H16N2OS/c1-4-10-7-11(5-6-12(10)18-3)14-9(2)19-13(8-16)15(14)17/h5-7H,4,17H2,1-3H3. The molecule has 0 radical (unpaired) electrons. The molecule has 1 aromatic carbocycles. The summed E-state index contributed by atoms with van der Waals surface area (Å²) in [6.07, 6.45) is 0.894. The molecule has 0 aliphatic rings. The second-order valence-corrected chi connectivity index (χ2v) is 5.49. The summed E-state index contributed by atoms with van der Waals surface area (Å²) in [6.45, 7) is 4.08. The molecular weight excluding hydrogens is 256 g/mol. The number of hydrogen-bond acceptors (Lipinski definition) is 4. The molecular formula is C15H16N2OS. The summed E-state index contributed by atoms with van der Waals surface area (Å²) in [5.74, 6) is 0.887. The number of nitrogens with two attached hydrogens (primary N) is 1. The van der Waals surface area contributed by atoms with Gasteiger partial charge in [0.2, 0.25) is 0 Å². The summed E-state index contributed by atoms with van der Waals surface area (Å²) >= 11 is 1.44. The Labute approximate surface area is 117 Å². The fraction of sp³-hybridized carbons (Fsp3) is 0.267. The molecule has 4 heteroatoms. The molecule has 2 aromatic rings. The van der Waals surface area contributed by atoms with Gasteiger partial charge in [-0.2, -0.15) is 5.26 Å². The molecule has 1 aromatic heterocycles. The van der Waals surface area contributed by atoms with Gasteiger partial charge in [0.25, 0.3) is 0 Å². The minimum atomic E-state index is 0.581. The van der Waals surface area contributed by atoms with Crippen molar-refractivity contribution in [3.05, 3.63) is 33.5 Å². The summed E-state index contributed by atoms with van der Waals surface area (Å²) < 4.78 is 5.33. The molecule has 0 bridgehead atoms. The van der Waals surface area contributed by atoms with Crippen molar-refractivity contribution in [2.45, 2.75) is 20.3 Å². The summed E-state index contributed by atoms with van der Waals surface area (Å²) in [4.78, 5) is 1.66. The number of methoxy groups -OCH3 is 1. The van der Waals surface area contributed by atoms with E-state index >= 15 is 0 Å². The van der Waals surface area contributed by atoms with Crippen LogP contribution in [0.4, 0.5) is 5.69 Å². The zero-order chi connectivity index (χ0) is 14.0. The molecule has 2 N–H and O–H groups in total. The molecule has 0 aliphatic carbocycles. The number of nitriles is 1. The van der Waals surface area contributed by atoms with Crippen LogP contribution in [-0.2, 0) is 6.42 Å². The van der Waals surface area contributed by atoms with Gasteiger partial charge in [-0.3, -0.25) is 0 Å². The van der Waals surface area contributed by atoms with Gasteiger partial charge in [0.05, 0.1) is 12.8 Å². The first-order valence-corrected chi connectivity index (χ1v) is 6.90. The Bertz CT molecular complexity index is 653. The minimum Gasteiger partial charge on any atom is -0.496 e. The van der Waals surface area contributed by atoms with Gasteiger partial charge in [-0.1, -0.05) is 13.0 Å². The molecule has 0 saturated carbocycles. The quantitative estimate of drug-likeness (QED) is 0.925. The van der Waals surface area contributed by atoms with Crippen molar-refractivity contribution in [2.24, 2.45) is 0 Å². The molecule has 0 aliphatic heterocycles. The first-order valence-electron chi connectivity index (χ1n) is 6.08. The highest BCUT2D eigenvalue weighted by molar-refractivity contribution is 7.13. The predicted octanol–water partition coefficient (Wildman–Crippen LogP) is 3.75. The Morgan fingerprint density at radius 2 is 2.16 bits per heavy atom. The second kappa shape index (κ2) is 5.33. The van der Waals surface area contributed by atoms with Gasteiger partial charge < -0.3 is 10.5 Å². The fourth-order valence-corrected chi connectivity index (χ4v) is 3.11. The number of anilines is 1. The van der Waals surface area contributed by atoms with Crippen molar-refractivity contribution in [3.63, 3.8) is 0 Å². The number of aryl methyl sites for hydroxylation is 2. The van der Waals surface area contributed by atoms with Gasteiger partial charge in [0.1, 0.15) is 16.7 Å². The number of nitrogen functional groups attached to an aromatic ring is 1. The highest BCUT2D eigenvalue weighted by Gasteiger charge is 2.15. The van der Waals surface area contributed by atoms with Gasteiger partial charge in [0.15, 0.2) is 0 Å². The van der Waals surface area contributed by atoms with Crippen molar-refractivity contribution in [1.29, 1.82) is 5.26 Å². The lowest BCUT2D eigenvalue weighted by Gasteiger charge is -2.10. The normalized spacial score (nSPS) is 10.2. The molecule has 98 valence electrons. The summed E-state index contributed by atoms with van der Waals surface area (Å²) in [5, 5.41) is 9.05. The van der Waals surface area contributed by atoms with Crippen molar-refractivity contribution in [3.8, 4) is 22.9 Å². The van der Waals surface area contributed by atoms with E-state index in [0.717, 1.165) is 33.7 Å². The lowest BCUT2D eigenvalue weighted by Crippen LogP contribution is -1.93. The van der Waals surface area contributed by atoms with Gasteiger partial charge in [-0.05, 0) is 36.6 Å². The maximum absolute atomic E-state index is 9.05. The molecule has 19 heavy (non-hydrogen) atoms. The second-order valence-electron chi connectivity index (χ2n) is 4.27. The van der Waals surface area contributed by atoms with Crippen LogP contribution in [0.3, 0.4) is 0 Å². The van der Waals surface area contributed by atoms with Gasteiger partial charge >= 0.3 is 0 Å². The van der Waals surface area contributed by atoms with Crippen LogP contribution in [0.5, 0.6) is 5.75 Å². The van der Waals surface area contributed by atoms with Crippen LogP contribution in [0, 0.1) is 18.3 Å². The van der Waals surface area contributed by atoms with E-state index in [2.05, 4.69) is 19.1 Å². The first-order chi connectivity index (χ1) is 9.12. The van der Waals surface area contributed by atoms with E-state index in [1.54, 1.807) is 7.11 Å². The fourth-order valence-electron chi connectivity index (χ4n) is 2.21. The molecule has 0 saturated heterocycles. The number of thiophene rings is 1. The van der Waals surface area contributed by atoms with E-state index in [0.29, 0.717) is 10.6 Å². The third-order valence-corrected chi connectivity index (χ3v) is 4.20. The van der Waals surface area contributed by atoms with E-state index in [-0.39, 0.29) is 0 Å². The Morgan fingerprint density at radius 1 is 1.42 bits per heavy atom. The number of nitrogens with zero attached hydrogens (tertiary/aromatic N) is 1. The van der Waals surface area contributed by atoms with Crippen molar-refractivity contribution >= 4 is 17.0 Å². The number of benzene rings is 1. The average molecular weight is 272 g/mol. The number of ether oxygens (including phenoxy) is 1. The van der Waals surface area contributed by atoms with E-state index in [4.69, 9.17) is 15.7 Å². The third kappa shape index (κ3) is 2.29.